The number of hydrogen-bond donors (Lipinski definition) is 0. The summed E-state index contributed by atoms with van der Waals surface area (Å²) in [5.74, 6) is 0.274. The zero-order valence-electron chi connectivity index (χ0n) is 9.61. The van der Waals surface area contributed by atoms with Crippen LogP contribution in [-0.4, -0.2) is 20.5 Å². The molecule has 1 aliphatic rings. The van der Waals surface area contributed by atoms with Crippen molar-refractivity contribution in [2.45, 2.75) is 19.0 Å². The van der Waals surface area contributed by atoms with Crippen molar-refractivity contribution in [3.63, 3.8) is 0 Å². The van der Waals surface area contributed by atoms with E-state index < -0.39 is 11.7 Å². The molecular formula is C12H8F3N3O. The van der Waals surface area contributed by atoms with E-state index in [9.17, 15) is 18.0 Å². The fraction of sp³-hybridized carbons (Fsp3) is 0.250. The second kappa shape index (κ2) is 3.91. The summed E-state index contributed by atoms with van der Waals surface area (Å²) < 4.78 is 39.6. The molecule has 0 atom stereocenters. The van der Waals surface area contributed by atoms with Crippen LogP contribution in [-0.2, 0) is 23.8 Å². The number of aromatic nitrogens is 3. The average Bonchev–Trinajstić information content (AvgIpc) is 2.70. The first kappa shape index (κ1) is 11.9. The minimum absolute atomic E-state index is 0.0252. The van der Waals surface area contributed by atoms with Gasteiger partial charge in [0.1, 0.15) is 17.9 Å². The summed E-state index contributed by atoms with van der Waals surface area (Å²) in [6, 6.07) is 3.37. The Morgan fingerprint density at radius 2 is 2.00 bits per heavy atom. The van der Waals surface area contributed by atoms with Crippen LogP contribution in [0, 0.1) is 0 Å². The minimum Gasteiger partial charge on any atom is -0.299 e. The molecule has 0 amide bonds. The number of fused-ring (bicyclic) bond motifs is 3. The van der Waals surface area contributed by atoms with E-state index in [0.29, 0.717) is 17.1 Å². The van der Waals surface area contributed by atoms with Crippen LogP contribution in [0.5, 0.6) is 0 Å². The van der Waals surface area contributed by atoms with Crippen LogP contribution >= 0.6 is 0 Å². The largest absolute Gasteiger partial charge is 0.416 e. The van der Waals surface area contributed by atoms with Crippen LogP contribution in [0.3, 0.4) is 0 Å². The highest BCUT2D eigenvalue weighted by Crippen LogP contribution is 2.32. The number of Topliss-reactive ketones (excluding diaryl/α,β-unsaturated/α-hetero) is 1. The molecule has 7 heteroatoms. The van der Waals surface area contributed by atoms with Crippen molar-refractivity contribution in [1.82, 2.24) is 14.8 Å². The summed E-state index contributed by atoms with van der Waals surface area (Å²) in [6.45, 7) is 0. The van der Waals surface area contributed by atoms with Gasteiger partial charge in [-0.15, -0.1) is 10.2 Å². The topological polar surface area (TPSA) is 47.8 Å². The van der Waals surface area contributed by atoms with Crippen molar-refractivity contribution in [2.75, 3.05) is 0 Å². The zero-order chi connectivity index (χ0) is 13.6. The third-order valence-corrected chi connectivity index (χ3v) is 3.03. The summed E-state index contributed by atoms with van der Waals surface area (Å²) >= 11 is 0. The molecule has 0 N–H and O–H groups in total. The zero-order valence-corrected chi connectivity index (χ0v) is 9.61. The predicted molar refractivity (Wildman–Crippen MR) is 58.8 cm³/mol. The van der Waals surface area contributed by atoms with E-state index in [1.807, 2.05) is 0 Å². The van der Waals surface area contributed by atoms with Crippen molar-refractivity contribution < 1.29 is 18.0 Å². The van der Waals surface area contributed by atoms with Crippen LogP contribution in [0.25, 0.3) is 5.69 Å². The molecule has 2 heterocycles. The van der Waals surface area contributed by atoms with Crippen LogP contribution in [0.15, 0.2) is 24.5 Å². The fourth-order valence-corrected chi connectivity index (χ4v) is 2.17. The van der Waals surface area contributed by atoms with E-state index in [0.717, 1.165) is 12.1 Å². The number of carbonyl (C=O) groups is 1. The van der Waals surface area contributed by atoms with Crippen molar-refractivity contribution in [3.8, 4) is 5.69 Å². The van der Waals surface area contributed by atoms with Crippen LogP contribution in [0.1, 0.15) is 17.0 Å². The van der Waals surface area contributed by atoms with Gasteiger partial charge in [0.25, 0.3) is 0 Å². The average molecular weight is 267 g/mol. The lowest BCUT2D eigenvalue weighted by atomic mass is 10.0. The Morgan fingerprint density at radius 3 is 2.74 bits per heavy atom. The number of benzene rings is 1. The molecule has 98 valence electrons. The Balaban J connectivity index is 2.19. The van der Waals surface area contributed by atoms with Crippen LogP contribution < -0.4 is 0 Å². The Hall–Kier alpha value is -2.18. The highest BCUT2D eigenvalue weighted by Gasteiger charge is 2.32. The van der Waals surface area contributed by atoms with E-state index in [2.05, 4.69) is 10.2 Å². The van der Waals surface area contributed by atoms with E-state index in [-0.39, 0.29) is 18.6 Å². The highest BCUT2D eigenvalue weighted by atomic mass is 19.4. The van der Waals surface area contributed by atoms with E-state index in [1.54, 1.807) is 4.57 Å². The third-order valence-electron chi connectivity index (χ3n) is 3.03. The molecule has 0 saturated heterocycles. The molecular weight excluding hydrogens is 259 g/mol. The fourth-order valence-electron chi connectivity index (χ4n) is 2.17. The predicted octanol–water partition coefficient (Wildman–Crippen LogP) is 1.95. The van der Waals surface area contributed by atoms with E-state index in [4.69, 9.17) is 0 Å². The van der Waals surface area contributed by atoms with Crippen molar-refractivity contribution in [2.24, 2.45) is 0 Å². The first-order valence-electron chi connectivity index (χ1n) is 5.56. The molecule has 0 aliphatic carbocycles. The van der Waals surface area contributed by atoms with Gasteiger partial charge in [-0.25, -0.2) is 0 Å². The Morgan fingerprint density at radius 1 is 1.21 bits per heavy atom. The van der Waals surface area contributed by atoms with Gasteiger partial charge in [0.15, 0.2) is 0 Å². The van der Waals surface area contributed by atoms with Gasteiger partial charge in [-0.05, 0) is 23.8 Å². The van der Waals surface area contributed by atoms with Crippen molar-refractivity contribution in [3.05, 3.63) is 41.5 Å². The molecule has 0 fully saturated rings. The highest BCUT2D eigenvalue weighted by molar-refractivity contribution is 5.84. The normalized spacial score (nSPS) is 14.8. The molecule has 0 bridgehead atoms. The third kappa shape index (κ3) is 2.00. The quantitative estimate of drug-likeness (QED) is 0.733. The summed E-state index contributed by atoms with van der Waals surface area (Å²) in [5.41, 5.74) is 0.118. The monoisotopic (exact) mass is 267 g/mol. The molecule has 1 aliphatic heterocycles. The molecule has 19 heavy (non-hydrogen) atoms. The summed E-state index contributed by atoms with van der Waals surface area (Å²) in [4.78, 5) is 11.7. The smallest absolute Gasteiger partial charge is 0.299 e. The van der Waals surface area contributed by atoms with E-state index >= 15 is 0 Å². The first-order chi connectivity index (χ1) is 8.95. The van der Waals surface area contributed by atoms with Gasteiger partial charge in [-0.3, -0.25) is 9.36 Å². The maximum Gasteiger partial charge on any atom is 0.416 e. The van der Waals surface area contributed by atoms with Gasteiger partial charge in [0.05, 0.1) is 17.7 Å². The van der Waals surface area contributed by atoms with Gasteiger partial charge >= 0.3 is 6.18 Å². The minimum atomic E-state index is -4.42. The molecule has 0 unspecified atom stereocenters. The Labute approximate surface area is 105 Å². The van der Waals surface area contributed by atoms with Gasteiger partial charge in [0.2, 0.25) is 0 Å². The summed E-state index contributed by atoms with van der Waals surface area (Å²) in [5, 5.41) is 7.50. The standard InChI is InChI=1S/C12H8F3N3O/c13-12(14,15)8-1-2-10-7(3-8)4-9(19)5-11-17-16-6-18(10)11/h1-3,6H,4-5H2. The molecule has 0 saturated carbocycles. The lowest BCUT2D eigenvalue weighted by Gasteiger charge is -2.12. The molecule has 2 aromatic rings. The molecule has 3 rings (SSSR count). The second-order valence-corrected chi connectivity index (χ2v) is 4.35. The number of hydrogen-bond acceptors (Lipinski definition) is 3. The lowest BCUT2D eigenvalue weighted by molar-refractivity contribution is -0.137. The van der Waals surface area contributed by atoms with Crippen molar-refractivity contribution in [1.29, 1.82) is 0 Å². The Kier molecular flexibility index (Phi) is 2.44. The van der Waals surface area contributed by atoms with Gasteiger partial charge in [0, 0.05) is 6.42 Å². The second-order valence-electron chi connectivity index (χ2n) is 4.35. The number of nitrogens with zero attached hydrogens (tertiary/aromatic N) is 3. The molecule has 1 aromatic heterocycles. The maximum atomic E-state index is 12.7. The SMILES string of the molecule is O=C1Cc2cc(C(F)(F)F)ccc2-n2cnnc2C1. The van der Waals surface area contributed by atoms with Gasteiger partial charge in [-0.1, -0.05) is 0 Å². The lowest BCUT2D eigenvalue weighted by Crippen LogP contribution is -2.08. The number of carbonyl (C=O) groups excluding carboxylic acids is 1. The maximum absolute atomic E-state index is 12.7. The Bertz CT molecular complexity index is 660. The van der Waals surface area contributed by atoms with Gasteiger partial charge < -0.3 is 0 Å². The number of rotatable bonds is 0. The molecule has 0 spiro atoms. The van der Waals surface area contributed by atoms with E-state index in [1.165, 1.54) is 12.4 Å². The summed E-state index contributed by atoms with van der Waals surface area (Å²) in [6.07, 6.45) is -2.96. The molecule has 0 radical (unpaired) electrons. The molecule has 1 aromatic carbocycles. The number of halogens is 3. The number of ketones is 1. The summed E-state index contributed by atoms with van der Waals surface area (Å²) in [7, 11) is 0. The molecule has 4 nitrogen and oxygen atoms in total. The van der Waals surface area contributed by atoms with Crippen LogP contribution in [0.4, 0.5) is 13.2 Å². The first-order valence-corrected chi connectivity index (χ1v) is 5.56. The van der Waals surface area contributed by atoms with Crippen LogP contribution in [0.2, 0.25) is 0 Å². The van der Waals surface area contributed by atoms with Crippen molar-refractivity contribution >= 4 is 5.78 Å². The number of alkyl halides is 3. The van der Waals surface area contributed by atoms with Gasteiger partial charge in [-0.2, -0.15) is 13.2 Å².